The Kier molecular flexibility index (Phi) is 15.5. The highest BCUT2D eigenvalue weighted by Gasteiger charge is 2.92. The third kappa shape index (κ3) is 7.69. The molecule has 6 aliphatic rings. The van der Waals surface area contributed by atoms with Crippen LogP contribution in [0, 0.1) is 34.5 Å². The summed E-state index contributed by atoms with van der Waals surface area (Å²) in [6.45, 7) is 5.70. The summed E-state index contributed by atoms with van der Waals surface area (Å²) >= 11 is 0. The molecule has 8 unspecified atom stereocenters. The summed E-state index contributed by atoms with van der Waals surface area (Å²) in [5.74, 6) is -3.47. The molecule has 1 aromatic carbocycles. The fourth-order valence-corrected chi connectivity index (χ4v) is 15.0. The van der Waals surface area contributed by atoms with Gasteiger partial charge in [-0.15, -0.1) is 0 Å². The molecular weight excluding hydrogens is 791 g/mol. The van der Waals surface area contributed by atoms with E-state index in [1.54, 1.807) is 45.6 Å². The summed E-state index contributed by atoms with van der Waals surface area (Å²) < 4.78 is 38.7. The van der Waals surface area contributed by atoms with Crippen molar-refractivity contribution >= 4 is 11.9 Å². The van der Waals surface area contributed by atoms with Gasteiger partial charge in [-0.3, -0.25) is 9.69 Å². The maximum absolute atomic E-state index is 14.6. The first kappa shape index (κ1) is 47.8. The van der Waals surface area contributed by atoms with Crippen LogP contribution in [0.1, 0.15) is 140 Å². The molecule has 12 heteroatoms. The van der Waals surface area contributed by atoms with Crippen molar-refractivity contribution in [1.82, 2.24) is 4.90 Å². The van der Waals surface area contributed by atoms with Crippen LogP contribution in [0.2, 0.25) is 0 Å². The smallest absolute Gasteiger partial charge is 0.338 e. The molecule has 0 aromatic heterocycles. The Morgan fingerprint density at radius 1 is 0.774 bits per heavy atom. The lowest BCUT2D eigenvalue weighted by atomic mass is 9.42. The number of fused-ring (bicyclic) bond motifs is 2. The zero-order chi connectivity index (χ0) is 44.3. The molecule has 1 spiro atoms. The Morgan fingerprint density at radius 3 is 1.94 bits per heavy atom. The van der Waals surface area contributed by atoms with E-state index in [1.165, 1.54) is 77.7 Å². The van der Waals surface area contributed by atoms with E-state index in [0.29, 0.717) is 31.5 Å². The summed E-state index contributed by atoms with van der Waals surface area (Å²) in [5.41, 5.74) is -4.82. The highest BCUT2D eigenvalue weighted by Crippen LogP contribution is 2.80. The Morgan fingerprint density at radius 2 is 1.39 bits per heavy atom. The predicted octanol–water partition coefficient (Wildman–Crippen LogP) is 6.89. The van der Waals surface area contributed by atoms with Crippen LogP contribution in [0.3, 0.4) is 0 Å². The van der Waals surface area contributed by atoms with Crippen LogP contribution >= 0.6 is 0 Å². The fraction of sp³-hybridized carbons (Fsp3) is 0.840. The molecule has 15 atom stereocenters. The Bertz CT molecular complexity index is 1630. The lowest BCUT2D eigenvalue weighted by Gasteiger charge is -2.70. The predicted molar refractivity (Wildman–Crippen MR) is 234 cm³/mol. The van der Waals surface area contributed by atoms with E-state index in [0.717, 1.165) is 19.3 Å². The summed E-state index contributed by atoms with van der Waals surface area (Å²) in [5, 5.41) is 38.4. The number of hydrogen-bond donors (Lipinski definition) is 3. The molecule has 1 heterocycles. The topological polar surface area (TPSA) is 153 Å². The van der Waals surface area contributed by atoms with Gasteiger partial charge in [-0.25, -0.2) is 4.79 Å². The van der Waals surface area contributed by atoms with Gasteiger partial charge in [-0.05, 0) is 37.4 Å². The highest BCUT2D eigenvalue weighted by molar-refractivity contribution is 5.89. The minimum Gasteiger partial charge on any atom is -0.455 e. The number of methoxy groups -OCH3 is 4. The van der Waals surface area contributed by atoms with Crippen LogP contribution in [-0.2, 0) is 33.2 Å². The number of ether oxygens (including phenoxy) is 6. The Hall–Kier alpha value is -2.16. The zero-order valence-corrected chi connectivity index (χ0v) is 38.6. The number of piperidine rings is 1. The second kappa shape index (κ2) is 20.1. The minimum absolute atomic E-state index is 0.0883. The first-order chi connectivity index (χ1) is 30.0. The van der Waals surface area contributed by atoms with Crippen LogP contribution < -0.4 is 0 Å². The molecule has 5 saturated carbocycles. The summed E-state index contributed by atoms with van der Waals surface area (Å²) in [4.78, 5) is 31.0. The molecule has 7 rings (SSSR count). The molecule has 1 aliphatic heterocycles. The quantitative estimate of drug-likeness (QED) is 0.0693. The van der Waals surface area contributed by atoms with Crippen molar-refractivity contribution in [2.75, 3.05) is 48.1 Å². The van der Waals surface area contributed by atoms with Gasteiger partial charge in [0.05, 0.1) is 30.5 Å². The third-order valence-corrected chi connectivity index (χ3v) is 17.1. The number of carbonyl (C=O) groups excluding carboxylic acids is 2. The number of rotatable bonds is 25. The van der Waals surface area contributed by atoms with Gasteiger partial charge in [-0.1, -0.05) is 122 Å². The SMILES string of the molecule is CCCCCCCCCCCCCCCCCC(=O)O[C@@]12C3C(OC)C4[C@@]5(COC)CN(CC)C3[C@@]4(C3C[C@@](O)(C(OC(=O)c4ccccc4)C31)[C@@H](OC)C2O)[C@@H](OC)C[C@H]5O. The molecule has 6 fully saturated rings. The van der Waals surface area contributed by atoms with Gasteiger partial charge in [0.25, 0.3) is 0 Å². The molecule has 0 radical (unpaired) electrons. The van der Waals surface area contributed by atoms with E-state index in [-0.39, 0.29) is 31.4 Å². The first-order valence-corrected chi connectivity index (χ1v) is 24.4. The maximum Gasteiger partial charge on any atom is 0.338 e. The fourth-order valence-electron chi connectivity index (χ4n) is 15.0. The van der Waals surface area contributed by atoms with E-state index in [1.807, 2.05) is 6.07 Å². The van der Waals surface area contributed by atoms with Gasteiger partial charge >= 0.3 is 11.9 Å². The third-order valence-electron chi connectivity index (χ3n) is 17.1. The number of nitrogens with zero attached hydrogens (tertiary/aromatic N) is 1. The second-order valence-electron chi connectivity index (χ2n) is 20.0. The second-order valence-corrected chi connectivity index (χ2v) is 20.0. The van der Waals surface area contributed by atoms with Crippen molar-refractivity contribution < 1.29 is 53.3 Å². The minimum atomic E-state index is -1.84. The van der Waals surface area contributed by atoms with Crippen LogP contribution in [-0.4, -0.2) is 134 Å². The number of benzene rings is 1. The van der Waals surface area contributed by atoms with E-state index in [4.69, 9.17) is 28.4 Å². The van der Waals surface area contributed by atoms with Crippen molar-refractivity contribution in [3.8, 4) is 0 Å². The molecule has 1 aromatic rings. The Balaban J connectivity index is 1.17. The number of hydrogen-bond acceptors (Lipinski definition) is 12. The average Bonchev–Trinajstić information content (AvgIpc) is 3.65. The standard InChI is InChI=1S/C50H79NO11/c1-7-9-10-11-12-13-14-15-16-17-18-19-20-21-25-28-37(53)62-50-38-34(30-48(56,45(60-6)43(50)54)44(38)61-46(55)33-26-23-22-24-27-33)49-36(58-4)29-35(52)47(32-57-3)31-51(8-2)42(49)39(50)40(59-5)41(47)49/h22-24,26-27,34-36,38-45,52,54,56H,7-21,25,28-32H2,1-6H3/t34?,35-,36+,38?,39?,40?,41?,42?,43?,44?,45+,47-,48-,49+,50-/m1/s1. The molecule has 0 amide bonds. The number of aliphatic hydroxyl groups is 3. The summed E-state index contributed by atoms with van der Waals surface area (Å²) in [6.07, 6.45) is 12.8. The summed E-state index contributed by atoms with van der Waals surface area (Å²) in [6, 6.07) is 8.33. The van der Waals surface area contributed by atoms with Gasteiger partial charge in [0.1, 0.15) is 23.9 Å². The molecule has 1 saturated heterocycles. The summed E-state index contributed by atoms with van der Waals surface area (Å²) in [7, 11) is 6.42. The number of carbonyl (C=O) groups is 2. The molecule has 350 valence electrons. The number of likely N-dealkylation sites (tertiary alicyclic amines) is 1. The van der Waals surface area contributed by atoms with Crippen LogP contribution in [0.5, 0.6) is 0 Å². The average molecular weight is 870 g/mol. The van der Waals surface area contributed by atoms with E-state index in [2.05, 4.69) is 18.7 Å². The molecule has 62 heavy (non-hydrogen) atoms. The number of aliphatic hydroxyl groups excluding tert-OH is 2. The lowest BCUT2D eigenvalue weighted by molar-refractivity contribution is -0.323. The van der Waals surface area contributed by atoms with Crippen LogP contribution in [0.15, 0.2) is 30.3 Å². The van der Waals surface area contributed by atoms with Gasteiger partial charge < -0.3 is 43.7 Å². The van der Waals surface area contributed by atoms with E-state index < -0.39 is 88.3 Å². The molecular formula is C50H79NO11. The van der Waals surface area contributed by atoms with Crippen LogP contribution in [0.25, 0.3) is 0 Å². The van der Waals surface area contributed by atoms with Crippen molar-refractivity contribution in [3.05, 3.63) is 35.9 Å². The van der Waals surface area contributed by atoms with Gasteiger partial charge in [0.2, 0.25) is 0 Å². The van der Waals surface area contributed by atoms with E-state index in [9.17, 15) is 24.9 Å². The number of unbranched alkanes of at least 4 members (excludes halogenated alkanes) is 14. The van der Waals surface area contributed by atoms with Gasteiger partial charge in [0, 0.05) is 82.5 Å². The van der Waals surface area contributed by atoms with E-state index >= 15 is 0 Å². The molecule has 12 nitrogen and oxygen atoms in total. The molecule has 5 aliphatic carbocycles. The van der Waals surface area contributed by atoms with Crippen LogP contribution in [0.4, 0.5) is 0 Å². The van der Waals surface area contributed by atoms with Gasteiger partial charge in [-0.2, -0.15) is 0 Å². The normalized spacial score (nSPS) is 40.1. The zero-order valence-electron chi connectivity index (χ0n) is 38.6. The first-order valence-electron chi connectivity index (χ1n) is 24.4. The highest BCUT2D eigenvalue weighted by atomic mass is 16.6. The lowest BCUT2D eigenvalue weighted by Crippen LogP contribution is -2.81. The van der Waals surface area contributed by atoms with Crippen molar-refractivity contribution in [3.63, 3.8) is 0 Å². The van der Waals surface area contributed by atoms with Gasteiger partial charge in [0.15, 0.2) is 5.60 Å². The van der Waals surface area contributed by atoms with Crippen molar-refractivity contribution in [2.24, 2.45) is 34.5 Å². The maximum atomic E-state index is 14.6. The monoisotopic (exact) mass is 870 g/mol. The molecule has 7 bridgehead atoms. The number of esters is 2. The molecule has 3 N–H and O–H groups in total. The van der Waals surface area contributed by atoms with Crippen molar-refractivity contribution in [1.29, 1.82) is 0 Å². The largest absolute Gasteiger partial charge is 0.455 e. The Labute approximate surface area is 371 Å². The van der Waals surface area contributed by atoms with Crippen molar-refractivity contribution in [2.45, 2.75) is 183 Å².